The summed E-state index contributed by atoms with van der Waals surface area (Å²) in [5.74, 6) is -0.377. The number of amides is 4. The SMILES string of the molecule is CC(C)CC[C@H](O)[C@H](CC1CCCCC1)NC(=O)[C@H](Cc1cnc[nH]1)N(C)C(=O)[C@H](Cc1ccccc1)OC(=O)N(C)CCC(=O)NN1CCOCC1. The van der Waals surface area contributed by atoms with Crippen LogP contribution in [0.25, 0.3) is 0 Å². The molecule has 0 unspecified atom stereocenters. The number of aliphatic hydroxyl groups excluding tert-OH is 1. The summed E-state index contributed by atoms with van der Waals surface area (Å²) >= 11 is 0. The highest BCUT2D eigenvalue weighted by molar-refractivity contribution is 5.90. The quantitative estimate of drug-likeness (QED) is 0.169. The number of carbonyl (C=O) groups is 4. The second-order valence-corrected chi connectivity index (χ2v) is 15.0. The van der Waals surface area contributed by atoms with Crippen molar-refractivity contribution in [2.45, 2.75) is 109 Å². The van der Waals surface area contributed by atoms with Crippen molar-refractivity contribution in [3.8, 4) is 0 Å². The highest BCUT2D eigenvalue weighted by atomic mass is 16.6. The van der Waals surface area contributed by atoms with E-state index in [2.05, 4.69) is 34.6 Å². The third-order valence-electron chi connectivity index (χ3n) is 10.3. The van der Waals surface area contributed by atoms with Crippen molar-refractivity contribution in [1.29, 1.82) is 0 Å². The van der Waals surface area contributed by atoms with E-state index in [1.165, 1.54) is 29.6 Å². The molecular weight excluding hydrogens is 678 g/mol. The summed E-state index contributed by atoms with van der Waals surface area (Å²) in [6.07, 6.45) is 8.33. The number of aromatic nitrogens is 2. The van der Waals surface area contributed by atoms with E-state index in [4.69, 9.17) is 9.47 Å². The maximum atomic E-state index is 14.4. The van der Waals surface area contributed by atoms with E-state index in [0.29, 0.717) is 56.7 Å². The Kier molecular flexibility index (Phi) is 17.0. The summed E-state index contributed by atoms with van der Waals surface area (Å²) in [6, 6.07) is 7.77. The van der Waals surface area contributed by atoms with Crippen LogP contribution in [0.5, 0.6) is 0 Å². The zero-order chi connectivity index (χ0) is 38.2. The van der Waals surface area contributed by atoms with Crippen LogP contribution in [0.15, 0.2) is 42.9 Å². The zero-order valence-corrected chi connectivity index (χ0v) is 32.0. The van der Waals surface area contributed by atoms with Gasteiger partial charge in [-0.3, -0.25) is 19.8 Å². The lowest BCUT2D eigenvalue weighted by atomic mass is 9.83. The molecule has 4 amide bonds. The Morgan fingerprint density at radius 3 is 2.42 bits per heavy atom. The second-order valence-electron chi connectivity index (χ2n) is 15.0. The molecule has 4 atom stereocenters. The highest BCUT2D eigenvalue weighted by Gasteiger charge is 2.36. The topological polar surface area (TPSA) is 169 Å². The van der Waals surface area contributed by atoms with E-state index in [9.17, 15) is 24.3 Å². The molecule has 4 rings (SSSR count). The molecule has 2 fully saturated rings. The maximum absolute atomic E-state index is 14.4. The number of nitrogens with one attached hydrogen (secondary N) is 3. The van der Waals surface area contributed by atoms with Gasteiger partial charge >= 0.3 is 6.09 Å². The summed E-state index contributed by atoms with van der Waals surface area (Å²) < 4.78 is 11.2. The molecule has 53 heavy (non-hydrogen) atoms. The van der Waals surface area contributed by atoms with Crippen LogP contribution in [0.3, 0.4) is 0 Å². The van der Waals surface area contributed by atoms with Gasteiger partial charge in [0.1, 0.15) is 6.04 Å². The number of H-pyrrole nitrogens is 1. The highest BCUT2D eigenvalue weighted by Crippen LogP contribution is 2.29. The standard InChI is InChI=1S/C39H61N7O7/c1-28(2)15-16-34(47)32(23-29-11-7-5-8-12-29)42-37(49)33(25-31-26-40-27-41-31)45(4)38(50)35(24-30-13-9-6-10-14-30)53-39(51)44(3)18-17-36(48)43-46-19-21-52-22-20-46/h6,9-10,13-14,26-29,32-35,47H,5,7-8,11-12,15-25H2,1-4H3,(H,40,41)(H,42,49)(H,43,48)/t32-,33-,34-,35-/m0/s1. The Labute approximate surface area is 314 Å². The number of likely N-dealkylation sites (N-methyl/N-ethyl adjacent to an activating group) is 1. The fourth-order valence-corrected chi connectivity index (χ4v) is 6.96. The van der Waals surface area contributed by atoms with Crippen molar-refractivity contribution in [2.75, 3.05) is 46.9 Å². The first-order valence-electron chi connectivity index (χ1n) is 19.3. The van der Waals surface area contributed by atoms with Gasteiger partial charge in [-0.05, 0) is 36.7 Å². The molecule has 0 bridgehead atoms. The van der Waals surface area contributed by atoms with Crippen molar-refractivity contribution in [3.63, 3.8) is 0 Å². The first-order valence-corrected chi connectivity index (χ1v) is 19.3. The van der Waals surface area contributed by atoms with Crippen molar-refractivity contribution in [3.05, 3.63) is 54.1 Å². The third-order valence-corrected chi connectivity index (χ3v) is 10.3. The summed E-state index contributed by atoms with van der Waals surface area (Å²) in [4.78, 5) is 64.4. The van der Waals surface area contributed by atoms with E-state index < -0.39 is 42.2 Å². The number of hydrazine groups is 1. The van der Waals surface area contributed by atoms with Gasteiger partial charge in [-0.1, -0.05) is 76.3 Å². The Hall–Kier alpha value is -4.01. The Morgan fingerprint density at radius 2 is 1.75 bits per heavy atom. The van der Waals surface area contributed by atoms with Crippen LogP contribution < -0.4 is 10.7 Å². The number of morpholine rings is 1. The lowest BCUT2D eigenvalue weighted by Gasteiger charge is -2.34. The fourth-order valence-electron chi connectivity index (χ4n) is 6.96. The van der Waals surface area contributed by atoms with Gasteiger partial charge in [-0.25, -0.2) is 14.8 Å². The van der Waals surface area contributed by atoms with Crippen LogP contribution in [-0.4, -0.2) is 125 Å². The molecule has 2 aliphatic rings. The van der Waals surface area contributed by atoms with Crippen molar-refractivity contribution in [2.24, 2.45) is 11.8 Å². The number of imidazole rings is 1. The molecule has 1 aromatic heterocycles. The Balaban J connectivity index is 1.49. The first-order chi connectivity index (χ1) is 25.5. The first kappa shape index (κ1) is 41.7. The molecule has 4 N–H and O–H groups in total. The number of ether oxygens (including phenoxy) is 2. The number of carbonyl (C=O) groups excluding carboxylic acids is 4. The van der Waals surface area contributed by atoms with Gasteiger partial charge in [-0.2, -0.15) is 0 Å². The van der Waals surface area contributed by atoms with Crippen LogP contribution >= 0.6 is 0 Å². The van der Waals surface area contributed by atoms with Gasteiger partial charge in [0, 0.05) is 64.9 Å². The van der Waals surface area contributed by atoms with Gasteiger partial charge in [0.2, 0.25) is 11.8 Å². The van der Waals surface area contributed by atoms with Crippen LogP contribution in [0.4, 0.5) is 4.79 Å². The van der Waals surface area contributed by atoms with Gasteiger partial charge in [0.15, 0.2) is 6.10 Å². The molecule has 2 heterocycles. The minimum atomic E-state index is -1.26. The van der Waals surface area contributed by atoms with E-state index in [1.807, 2.05) is 30.3 Å². The van der Waals surface area contributed by atoms with Crippen LogP contribution in [-0.2, 0) is 36.7 Å². The molecule has 14 heteroatoms. The van der Waals surface area contributed by atoms with Gasteiger partial charge in [0.05, 0.1) is 31.7 Å². The van der Waals surface area contributed by atoms with Crippen LogP contribution in [0, 0.1) is 11.8 Å². The van der Waals surface area contributed by atoms with Crippen LogP contribution in [0.2, 0.25) is 0 Å². The van der Waals surface area contributed by atoms with Crippen molar-refractivity contribution in [1.82, 2.24) is 35.5 Å². The molecule has 0 radical (unpaired) electrons. The molecule has 1 saturated heterocycles. The van der Waals surface area contributed by atoms with Crippen LogP contribution in [0.1, 0.15) is 82.9 Å². The predicted octanol–water partition coefficient (Wildman–Crippen LogP) is 3.46. The summed E-state index contributed by atoms with van der Waals surface area (Å²) in [5.41, 5.74) is 4.26. The monoisotopic (exact) mass is 739 g/mol. The zero-order valence-electron chi connectivity index (χ0n) is 32.0. The molecular formula is C39H61N7O7. The minimum Gasteiger partial charge on any atom is -0.436 e. The Bertz CT molecular complexity index is 1400. The number of aromatic amines is 1. The predicted molar refractivity (Wildman–Crippen MR) is 200 cm³/mol. The maximum Gasteiger partial charge on any atom is 0.410 e. The molecule has 1 saturated carbocycles. The van der Waals surface area contributed by atoms with E-state index in [1.54, 1.807) is 18.3 Å². The normalized spacial score (nSPS) is 17.7. The van der Waals surface area contributed by atoms with E-state index in [-0.39, 0.29) is 31.7 Å². The number of benzene rings is 1. The number of hydrogen-bond donors (Lipinski definition) is 4. The van der Waals surface area contributed by atoms with Gasteiger partial charge < -0.3 is 34.7 Å². The third kappa shape index (κ3) is 14.1. The number of rotatable bonds is 19. The van der Waals surface area contributed by atoms with Crippen molar-refractivity contribution >= 4 is 23.8 Å². The largest absolute Gasteiger partial charge is 0.436 e. The van der Waals surface area contributed by atoms with Crippen molar-refractivity contribution < 1.29 is 33.8 Å². The minimum absolute atomic E-state index is 0.0393. The second kappa shape index (κ2) is 21.6. The molecule has 14 nitrogen and oxygen atoms in total. The molecule has 1 aliphatic heterocycles. The van der Waals surface area contributed by atoms with E-state index >= 15 is 0 Å². The number of nitrogens with zero attached hydrogens (tertiary/aromatic N) is 4. The lowest BCUT2D eigenvalue weighted by Crippen LogP contribution is -2.56. The molecule has 294 valence electrons. The average molecular weight is 740 g/mol. The number of hydrogen-bond acceptors (Lipinski definition) is 9. The van der Waals surface area contributed by atoms with Gasteiger partial charge in [-0.15, -0.1) is 0 Å². The Morgan fingerprint density at radius 1 is 1.04 bits per heavy atom. The smallest absolute Gasteiger partial charge is 0.410 e. The molecule has 1 aromatic carbocycles. The molecule has 0 spiro atoms. The van der Waals surface area contributed by atoms with E-state index in [0.717, 1.165) is 37.7 Å². The number of aliphatic hydroxyl groups is 1. The summed E-state index contributed by atoms with van der Waals surface area (Å²) in [6.45, 7) is 6.53. The summed E-state index contributed by atoms with van der Waals surface area (Å²) in [5, 5.41) is 16.3. The molecule has 2 aromatic rings. The average Bonchev–Trinajstić information content (AvgIpc) is 3.68. The summed E-state index contributed by atoms with van der Waals surface area (Å²) in [7, 11) is 3.06. The molecule has 1 aliphatic carbocycles. The lowest BCUT2D eigenvalue weighted by molar-refractivity contribution is -0.146. The van der Waals surface area contributed by atoms with Gasteiger partial charge in [0.25, 0.3) is 5.91 Å². The fraction of sp³-hybridized carbons (Fsp3) is 0.667.